The maximum absolute atomic E-state index is 12.6. The highest BCUT2D eigenvalue weighted by molar-refractivity contribution is 14.0. The predicted molar refractivity (Wildman–Crippen MR) is 134 cm³/mol. The Hall–Kier alpha value is -1.49. The second-order valence-corrected chi connectivity index (χ2v) is 9.78. The molecule has 2 fully saturated rings. The van der Waals surface area contributed by atoms with E-state index in [4.69, 9.17) is 4.99 Å². The summed E-state index contributed by atoms with van der Waals surface area (Å²) in [6, 6.07) is 7.54. The number of amides is 2. The van der Waals surface area contributed by atoms with E-state index in [1.165, 1.54) is 0 Å². The monoisotopic (exact) mass is 545 g/mol. The second kappa shape index (κ2) is 11.2. The summed E-state index contributed by atoms with van der Waals surface area (Å²) >= 11 is 2.00. The van der Waals surface area contributed by atoms with Crippen molar-refractivity contribution >= 4 is 53.5 Å². The number of thioether (sulfide) groups is 1. The molecule has 7 nitrogen and oxygen atoms in total. The molecule has 1 aromatic carbocycles. The average Bonchev–Trinajstić information content (AvgIpc) is 2.70. The van der Waals surface area contributed by atoms with Crippen LogP contribution in [-0.2, 0) is 11.3 Å². The smallest absolute Gasteiger partial charge is 0.254 e. The van der Waals surface area contributed by atoms with E-state index in [-0.39, 0.29) is 47.1 Å². The van der Waals surface area contributed by atoms with Gasteiger partial charge in [0.05, 0.1) is 13.1 Å². The van der Waals surface area contributed by atoms with Gasteiger partial charge in [-0.2, -0.15) is 11.8 Å². The van der Waals surface area contributed by atoms with E-state index in [9.17, 15) is 9.59 Å². The van der Waals surface area contributed by atoms with Crippen molar-refractivity contribution in [3.8, 4) is 0 Å². The van der Waals surface area contributed by atoms with Crippen LogP contribution in [0.25, 0.3) is 0 Å². The van der Waals surface area contributed by atoms with Gasteiger partial charge in [-0.3, -0.25) is 9.59 Å². The van der Waals surface area contributed by atoms with E-state index in [1.54, 1.807) is 4.90 Å². The molecular formula is C21H32IN5O2S. The van der Waals surface area contributed by atoms with Gasteiger partial charge in [0.1, 0.15) is 0 Å². The largest absolute Gasteiger partial charge is 0.357 e. The lowest BCUT2D eigenvalue weighted by Crippen LogP contribution is -2.50. The van der Waals surface area contributed by atoms with Gasteiger partial charge < -0.3 is 20.4 Å². The summed E-state index contributed by atoms with van der Waals surface area (Å²) in [4.78, 5) is 32.8. The van der Waals surface area contributed by atoms with Crippen LogP contribution in [-0.4, -0.2) is 77.3 Å². The molecule has 166 valence electrons. The second-order valence-electron chi connectivity index (χ2n) is 7.97. The highest BCUT2D eigenvalue weighted by Gasteiger charge is 2.28. The van der Waals surface area contributed by atoms with Crippen molar-refractivity contribution in [3.05, 3.63) is 35.4 Å². The Morgan fingerprint density at radius 2 is 1.97 bits per heavy atom. The molecule has 2 N–H and O–H groups in total. The summed E-state index contributed by atoms with van der Waals surface area (Å²) < 4.78 is 0.224. The van der Waals surface area contributed by atoms with Crippen molar-refractivity contribution in [1.29, 1.82) is 0 Å². The predicted octanol–water partition coefficient (Wildman–Crippen LogP) is 2.17. The molecule has 2 heterocycles. The fourth-order valence-corrected chi connectivity index (χ4v) is 4.65. The van der Waals surface area contributed by atoms with E-state index in [0.29, 0.717) is 25.2 Å². The maximum Gasteiger partial charge on any atom is 0.254 e. The number of rotatable bonds is 4. The third-order valence-corrected chi connectivity index (χ3v) is 6.30. The van der Waals surface area contributed by atoms with Crippen molar-refractivity contribution in [2.75, 3.05) is 45.0 Å². The molecule has 2 amide bonds. The zero-order valence-corrected chi connectivity index (χ0v) is 21.1. The zero-order chi connectivity index (χ0) is 20.9. The number of hydrogen-bond donors (Lipinski definition) is 2. The standard InChI is InChI=1S/C21H31N5O2S.HI/c1-4-22-20(26-11-12-29-21(2,3)15-26)24-13-16-5-7-17(8-6-16)19(28)25-10-9-23-18(27)14-25;/h5-8H,4,9-15H2,1-3H3,(H,22,24)(H,23,27);1H. The van der Waals surface area contributed by atoms with E-state index in [0.717, 1.165) is 36.9 Å². The first kappa shape index (κ1) is 24.8. The Kier molecular flexibility index (Phi) is 9.27. The molecule has 0 spiro atoms. The maximum atomic E-state index is 12.6. The molecule has 2 aliphatic heterocycles. The third-order valence-electron chi connectivity index (χ3n) is 5.00. The summed E-state index contributed by atoms with van der Waals surface area (Å²) in [5.74, 6) is 1.84. The summed E-state index contributed by atoms with van der Waals surface area (Å²) in [7, 11) is 0. The van der Waals surface area contributed by atoms with Crippen LogP contribution in [0, 0.1) is 0 Å². The number of piperazine rings is 1. The highest BCUT2D eigenvalue weighted by Crippen LogP contribution is 2.29. The first-order valence-corrected chi connectivity index (χ1v) is 11.2. The van der Waals surface area contributed by atoms with Crippen molar-refractivity contribution in [2.24, 2.45) is 4.99 Å². The van der Waals surface area contributed by atoms with Gasteiger partial charge in [0.2, 0.25) is 5.91 Å². The molecule has 0 bridgehead atoms. The fourth-order valence-electron chi connectivity index (χ4n) is 3.54. The van der Waals surface area contributed by atoms with Crippen molar-refractivity contribution in [2.45, 2.75) is 32.1 Å². The van der Waals surface area contributed by atoms with Gasteiger partial charge in [0.15, 0.2) is 5.96 Å². The minimum Gasteiger partial charge on any atom is -0.357 e. The van der Waals surface area contributed by atoms with Crippen LogP contribution in [0.2, 0.25) is 0 Å². The topological polar surface area (TPSA) is 77.0 Å². The summed E-state index contributed by atoms with van der Waals surface area (Å²) in [6.45, 7) is 11.2. The van der Waals surface area contributed by atoms with Crippen LogP contribution < -0.4 is 10.6 Å². The lowest BCUT2D eigenvalue weighted by molar-refractivity contribution is -0.123. The highest BCUT2D eigenvalue weighted by atomic mass is 127. The first-order chi connectivity index (χ1) is 13.9. The first-order valence-electron chi connectivity index (χ1n) is 10.2. The zero-order valence-electron chi connectivity index (χ0n) is 17.9. The number of halogens is 1. The molecule has 0 saturated carbocycles. The number of aliphatic imine (C=N–C) groups is 1. The van der Waals surface area contributed by atoms with Gasteiger partial charge in [-0.15, -0.1) is 24.0 Å². The summed E-state index contributed by atoms with van der Waals surface area (Å²) in [5.41, 5.74) is 1.66. The molecule has 0 aliphatic carbocycles. The van der Waals surface area contributed by atoms with Crippen LogP contribution >= 0.6 is 35.7 Å². The van der Waals surface area contributed by atoms with Gasteiger partial charge in [-0.25, -0.2) is 4.99 Å². The van der Waals surface area contributed by atoms with Gasteiger partial charge in [-0.05, 0) is 38.5 Å². The average molecular weight is 545 g/mol. The number of nitrogens with one attached hydrogen (secondary N) is 2. The number of carbonyl (C=O) groups excluding carboxylic acids is 2. The third kappa shape index (κ3) is 6.76. The quantitative estimate of drug-likeness (QED) is 0.345. The van der Waals surface area contributed by atoms with Crippen LogP contribution in [0.4, 0.5) is 0 Å². The molecule has 2 aliphatic rings. The van der Waals surface area contributed by atoms with E-state index >= 15 is 0 Å². The minimum atomic E-state index is -0.106. The Bertz CT molecular complexity index is 769. The fraction of sp³-hybridized carbons (Fsp3) is 0.571. The van der Waals surface area contributed by atoms with Crippen molar-refractivity contribution in [3.63, 3.8) is 0 Å². The van der Waals surface area contributed by atoms with E-state index in [1.807, 2.05) is 36.0 Å². The normalized spacial score (nSPS) is 19.0. The molecule has 0 aromatic heterocycles. The number of carbonyl (C=O) groups is 2. The SMILES string of the molecule is CCNC(=NCc1ccc(C(=O)N2CCNC(=O)C2)cc1)N1CCSC(C)(C)C1.I. The molecule has 3 rings (SSSR count). The summed E-state index contributed by atoms with van der Waals surface area (Å²) in [6.07, 6.45) is 0. The van der Waals surface area contributed by atoms with Crippen LogP contribution in [0.3, 0.4) is 0 Å². The molecule has 2 saturated heterocycles. The van der Waals surface area contributed by atoms with Gasteiger partial charge in [0, 0.05) is 48.8 Å². The molecular weight excluding hydrogens is 513 g/mol. The number of hydrogen-bond acceptors (Lipinski definition) is 4. The van der Waals surface area contributed by atoms with Crippen LogP contribution in [0.1, 0.15) is 36.7 Å². The Balaban J connectivity index is 0.00000320. The van der Waals surface area contributed by atoms with Crippen LogP contribution in [0.15, 0.2) is 29.3 Å². The molecule has 9 heteroatoms. The Labute approximate surface area is 200 Å². The number of benzene rings is 1. The van der Waals surface area contributed by atoms with Crippen molar-refractivity contribution in [1.82, 2.24) is 20.4 Å². The molecule has 0 atom stereocenters. The van der Waals surface area contributed by atoms with Crippen molar-refractivity contribution < 1.29 is 9.59 Å². The van der Waals surface area contributed by atoms with Gasteiger partial charge >= 0.3 is 0 Å². The van der Waals surface area contributed by atoms with Crippen LogP contribution in [0.5, 0.6) is 0 Å². The molecule has 0 unspecified atom stereocenters. The lowest BCUT2D eigenvalue weighted by atomic mass is 10.1. The van der Waals surface area contributed by atoms with E-state index in [2.05, 4.69) is 36.3 Å². The van der Waals surface area contributed by atoms with E-state index < -0.39 is 0 Å². The number of guanidine groups is 1. The Morgan fingerprint density at radius 3 is 2.60 bits per heavy atom. The van der Waals surface area contributed by atoms with Gasteiger partial charge in [0.25, 0.3) is 5.91 Å². The molecule has 30 heavy (non-hydrogen) atoms. The lowest BCUT2D eigenvalue weighted by Gasteiger charge is -2.39. The molecule has 1 aromatic rings. The molecule has 0 radical (unpaired) electrons. The summed E-state index contributed by atoms with van der Waals surface area (Å²) in [5, 5.41) is 6.14. The van der Waals surface area contributed by atoms with Gasteiger partial charge in [-0.1, -0.05) is 12.1 Å². The number of nitrogens with zero attached hydrogens (tertiary/aromatic N) is 3. The Morgan fingerprint density at radius 1 is 1.23 bits per heavy atom. The minimum absolute atomic E-state index is 0.